The van der Waals surface area contributed by atoms with Crippen LogP contribution in [-0.2, 0) is 6.42 Å². The van der Waals surface area contributed by atoms with E-state index in [1.807, 2.05) is 25.1 Å². The van der Waals surface area contributed by atoms with Gasteiger partial charge in [-0.25, -0.2) is 0 Å². The van der Waals surface area contributed by atoms with Gasteiger partial charge in [-0.3, -0.25) is 0 Å². The molecular weight excluding hydrogens is 176 g/mol. The summed E-state index contributed by atoms with van der Waals surface area (Å²) in [5.41, 5.74) is 2.14. The Kier molecular flexibility index (Phi) is 2.55. The zero-order valence-corrected chi connectivity index (χ0v) is 8.29. The maximum absolute atomic E-state index is 8.72. The van der Waals surface area contributed by atoms with Crippen LogP contribution >= 0.6 is 0 Å². The third kappa shape index (κ3) is 1.66. The maximum atomic E-state index is 8.72. The van der Waals surface area contributed by atoms with Crippen LogP contribution in [0.5, 0.6) is 0 Å². The van der Waals surface area contributed by atoms with Crippen molar-refractivity contribution >= 4 is 11.0 Å². The fourth-order valence-electron chi connectivity index (χ4n) is 1.64. The maximum Gasteiger partial charge on any atom is 0.137 e. The van der Waals surface area contributed by atoms with E-state index in [0.717, 1.165) is 35.1 Å². The molecule has 0 fully saturated rings. The van der Waals surface area contributed by atoms with Crippen LogP contribution in [0.1, 0.15) is 17.7 Å². The molecule has 0 radical (unpaired) electrons. The van der Waals surface area contributed by atoms with Gasteiger partial charge in [-0.2, -0.15) is 0 Å². The van der Waals surface area contributed by atoms with Crippen LogP contribution < -0.4 is 0 Å². The molecule has 2 aromatic rings. The summed E-state index contributed by atoms with van der Waals surface area (Å²) < 4.78 is 5.69. The summed E-state index contributed by atoms with van der Waals surface area (Å²) >= 11 is 0. The van der Waals surface area contributed by atoms with Gasteiger partial charge in [-0.1, -0.05) is 18.2 Å². The zero-order chi connectivity index (χ0) is 9.97. The van der Waals surface area contributed by atoms with Gasteiger partial charge < -0.3 is 9.52 Å². The van der Waals surface area contributed by atoms with Crippen LogP contribution in [0.2, 0.25) is 0 Å². The van der Waals surface area contributed by atoms with Gasteiger partial charge in [0.25, 0.3) is 0 Å². The Bertz CT molecular complexity index is 429. The van der Waals surface area contributed by atoms with E-state index in [0.29, 0.717) is 0 Å². The third-order valence-electron chi connectivity index (χ3n) is 2.37. The normalized spacial score (nSPS) is 11.0. The first-order valence-electron chi connectivity index (χ1n) is 4.90. The van der Waals surface area contributed by atoms with Gasteiger partial charge in [0.2, 0.25) is 0 Å². The summed E-state index contributed by atoms with van der Waals surface area (Å²) in [6.45, 7) is 2.26. The molecule has 2 heteroatoms. The van der Waals surface area contributed by atoms with E-state index in [1.54, 1.807) is 0 Å². The predicted molar refractivity (Wildman–Crippen MR) is 56.4 cm³/mol. The van der Waals surface area contributed by atoms with Gasteiger partial charge in [0.1, 0.15) is 11.3 Å². The van der Waals surface area contributed by atoms with E-state index in [4.69, 9.17) is 9.52 Å². The van der Waals surface area contributed by atoms with Gasteiger partial charge in [0, 0.05) is 18.4 Å². The molecule has 0 saturated carbocycles. The standard InChI is InChI=1S/C12H14O2/c1-9-4-2-5-10-8-11(6-3-7-13)14-12(9)10/h2,4-5,8,13H,3,6-7H2,1H3. The molecule has 14 heavy (non-hydrogen) atoms. The molecule has 0 aliphatic rings. The second kappa shape index (κ2) is 3.84. The second-order valence-electron chi connectivity index (χ2n) is 3.53. The fourth-order valence-corrected chi connectivity index (χ4v) is 1.64. The third-order valence-corrected chi connectivity index (χ3v) is 2.37. The lowest BCUT2D eigenvalue weighted by atomic mass is 10.2. The molecular formula is C12H14O2. The summed E-state index contributed by atoms with van der Waals surface area (Å²) in [5.74, 6) is 0.961. The fraction of sp³-hybridized carbons (Fsp3) is 0.333. The van der Waals surface area contributed by atoms with E-state index in [-0.39, 0.29) is 6.61 Å². The van der Waals surface area contributed by atoms with Crippen LogP contribution in [0.3, 0.4) is 0 Å². The summed E-state index contributed by atoms with van der Waals surface area (Å²) in [4.78, 5) is 0. The number of furan rings is 1. The van der Waals surface area contributed by atoms with E-state index in [9.17, 15) is 0 Å². The smallest absolute Gasteiger partial charge is 0.137 e. The monoisotopic (exact) mass is 190 g/mol. The van der Waals surface area contributed by atoms with Crippen molar-refractivity contribution in [3.05, 3.63) is 35.6 Å². The lowest BCUT2D eigenvalue weighted by Gasteiger charge is -1.93. The Morgan fingerprint density at radius 1 is 1.36 bits per heavy atom. The van der Waals surface area contributed by atoms with Crippen molar-refractivity contribution in [2.45, 2.75) is 19.8 Å². The summed E-state index contributed by atoms with van der Waals surface area (Å²) in [6, 6.07) is 8.18. The molecule has 0 amide bonds. The molecule has 0 aliphatic carbocycles. The van der Waals surface area contributed by atoms with E-state index >= 15 is 0 Å². The highest BCUT2D eigenvalue weighted by atomic mass is 16.3. The van der Waals surface area contributed by atoms with Crippen LogP contribution in [0.25, 0.3) is 11.0 Å². The Balaban J connectivity index is 2.36. The van der Waals surface area contributed by atoms with Crippen molar-refractivity contribution in [1.29, 1.82) is 0 Å². The minimum absolute atomic E-state index is 0.218. The molecule has 0 atom stereocenters. The molecule has 0 bridgehead atoms. The van der Waals surface area contributed by atoms with Crippen molar-refractivity contribution in [2.75, 3.05) is 6.61 Å². The number of fused-ring (bicyclic) bond motifs is 1. The van der Waals surface area contributed by atoms with E-state index in [1.165, 1.54) is 0 Å². The van der Waals surface area contributed by atoms with Gasteiger partial charge >= 0.3 is 0 Å². The first-order valence-corrected chi connectivity index (χ1v) is 4.90. The van der Waals surface area contributed by atoms with E-state index < -0.39 is 0 Å². The largest absolute Gasteiger partial charge is 0.461 e. The minimum atomic E-state index is 0.218. The van der Waals surface area contributed by atoms with E-state index in [2.05, 4.69) is 6.07 Å². The topological polar surface area (TPSA) is 33.4 Å². The lowest BCUT2D eigenvalue weighted by molar-refractivity contribution is 0.285. The number of aryl methyl sites for hydroxylation is 2. The van der Waals surface area contributed by atoms with Crippen molar-refractivity contribution in [2.24, 2.45) is 0 Å². The molecule has 0 spiro atoms. The summed E-state index contributed by atoms with van der Waals surface area (Å²) in [5, 5.41) is 9.87. The SMILES string of the molecule is Cc1cccc2cc(CCCO)oc12. The van der Waals surface area contributed by atoms with Crippen molar-refractivity contribution < 1.29 is 9.52 Å². The predicted octanol–water partition coefficient (Wildman–Crippen LogP) is 2.67. The Morgan fingerprint density at radius 3 is 2.93 bits per heavy atom. The van der Waals surface area contributed by atoms with Crippen molar-refractivity contribution in [1.82, 2.24) is 0 Å². The van der Waals surface area contributed by atoms with Gasteiger partial charge in [0.05, 0.1) is 0 Å². The van der Waals surface area contributed by atoms with Gasteiger partial charge in [0.15, 0.2) is 0 Å². The molecule has 2 nitrogen and oxygen atoms in total. The molecule has 0 unspecified atom stereocenters. The highest BCUT2D eigenvalue weighted by Gasteiger charge is 2.04. The molecule has 1 N–H and O–H groups in total. The van der Waals surface area contributed by atoms with Crippen LogP contribution in [0.15, 0.2) is 28.7 Å². The Hall–Kier alpha value is -1.28. The summed E-state index contributed by atoms with van der Waals surface area (Å²) in [7, 11) is 0. The molecule has 1 aromatic carbocycles. The molecule has 2 rings (SSSR count). The lowest BCUT2D eigenvalue weighted by Crippen LogP contribution is -1.85. The number of hydrogen-bond donors (Lipinski definition) is 1. The second-order valence-corrected chi connectivity index (χ2v) is 3.53. The van der Waals surface area contributed by atoms with Crippen LogP contribution in [-0.4, -0.2) is 11.7 Å². The number of benzene rings is 1. The average Bonchev–Trinajstić information content (AvgIpc) is 2.59. The highest BCUT2D eigenvalue weighted by molar-refractivity contribution is 5.80. The first-order chi connectivity index (χ1) is 6.81. The summed E-state index contributed by atoms with van der Waals surface area (Å²) in [6.07, 6.45) is 1.57. The number of para-hydroxylation sites is 1. The Morgan fingerprint density at radius 2 is 2.21 bits per heavy atom. The van der Waals surface area contributed by atoms with Crippen LogP contribution in [0, 0.1) is 6.92 Å². The molecule has 0 saturated heterocycles. The zero-order valence-electron chi connectivity index (χ0n) is 8.29. The number of aliphatic hydroxyl groups is 1. The highest BCUT2D eigenvalue weighted by Crippen LogP contribution is 2.23. The number of hydrogen-bond acceptors (Lipinski definition) is 2. The molecule has 1 heterocycles. The van der Waals surface area contributed by atoms with Crippen molar-refractivity contribution in [3.8, 4) is 0 Å². The molecule has 74 valence electrons. The number of rotatable bonds is 3. The number of aliphatic hydroxyl groups excluding tert-OH is 1. The minimum Gasteiger partial charge on any atom is -0.461 e. The quantitative estimate of drug-likeness (QED) is 0.807. The van der Waals surface area contributed by atoms with Crippen LogP contribution in [0.4, 0.5) is 0 Å². The van der Waals surface area contributed by atoms with Gasteiger partial charge in [-0.15, -0.1) is 0 Å². The van der Waals surface area contributed by atoms with Gasteiger partial charge in [-0.05, 0) is 25.0 Å². The Labute approximate surface area is 83.2 Å². The van der Waals surface area contributed by atoms with Crippen molar-refractivity contribution in [3.63, 3.8) is 0 Å². The molecule has 0 aliphatic heterocycles. The average molecular weight is 190 g/mol. The molecule has 1 aromatic heterocycles. The first kappa shape index (κ1) is 9.28.